The summed E-state index contributed by atoms with van der Waals surface area (Å²) in [4.78, 5) is 12.1. The predicted octanol–water partition coefficient (Wildman–Crippen LogP) is 3.90. The minimum atomic E-state index is -0.462. The minimum Gasteiger partial charge on any atom is -0.493 e. The molecule has 0 amide bonds. The lowest BCUT2D eigenvalue weighted by atomic mass is 10.1. The molecule has 0 spiro atoms. The zero-order valence-electron chi connectivity index (χ0n) is 13.1. The second-order valence-electron chi connectivity index (χ2n) is 4.87. The molecule has 0 atom stereocenters. The van der Waals surface area contributed by atoms with Crippen LogP contribution in [0.5, 0.6) is 11.5 Å². The molecule has 0 N–H and O–H groups in total. The average Bonchev–Trinajstić information content (AvgIpc) is 3.05. The van der Waals surface area contributed by atoms with E-state index in [9.17, 15) is 4.79 Å². The number of hydrogen-bond donors (Lipinski definition) is 0. The third-order valence-electron chi connectivity index (χ3n) is 3.62. The summed E-state index contributed by atoms with van der Waals surface area (Å²) in [5, 5.41) is 0.619. The van der Waals surface area contributed by atoms with Crippen LogP contribution in [0.15, 0.2) is 46.9 Å². The predicted molar refractivity (Wildman–Crippen MR) is 86.1 cm³/mol. The Labute approximate surface area is 133 Å². The number of rotatable bonds is 4. The van der Waals surface area contributed by atoms with Gasteiger partial charge in [-0.3, -0.25) is 0 Å². The van der Waals surface area contributed by atoms with Crippen LogP contribution in [0.1, 0.15) is 10.4 Å². The first-order valence-electron chi connectivity index (χ1n) is 7.01. The molecule has 1 aromatic heterocycles. The van der Waals surface area contributed by atoms with E-state index in [1.165, 1.54) is 21.3 Å². The Balaban J connectivity index is 2.32. The number of ether oxygens (including phenoxy) is 3. The van der Waals surface area contributed by atoms with Crippen molar-refractivity contribution in [3.05, 3.63) is 48.0 Å². The van der Waals surface area contributed by atoms with Crippen LogP contribution in [-0.2, 0) is 4.74 Å². The van der Waals surface area contributed by atoms with Gasteiger partial charge in [0.1, 0.15) is 5.76 Å². The SMILES string of the molecule is COC(=O)c1cc(OC)c(OC)c2oc(-c3ccccc3)cc12. The topological polar surface area (TPSA) is 57.9 Å². The van der Waals surface area contributed by atoms with Crippen LogP contribution in [0.25, 0.3) is 22.3 Å². The van der Waals surface area contributed by atoms with E-state index in [1.807, 2.05) is 30.3 Å². The number of esters is 1. The third kappa shape index (κ3) is 2.50. The zero-order valence-corrected chi connectivity index (χ0v) is 13.1. The standard InChI is InChI=1S/C18H16O5/c1-20-15-10-13(18(19)22-3)12-9-14(11-7-5-4-6-8-11)23-16(12)17(15)21-2/h4-10H,1-3H3. The van der Waals surface area contributed by atoms with Gasteiger partial charge in [-0.05, 0) is 12.1 Å². The maximum atomic E-state index is 12.1. The van der Waals surface area contributed by atoms with Gasteiger partial charge in [-0.25, -0.2) is 4.79 Å². The second kappa shape index (κ2) is 6.04. The van der Waals surface area contributed by atoms with Crippen LogP contribution in [0.4, 0.5) is 0 Å². The fourth-order valence-electron chi connectivity index (χ4n) is 2.51. The van der Waals surface area contributed by atoms with Crippen molar-refractivity contribution in [3.8, 4) is 22.8 Å². The molecule has 0 aliphatic rings. The first-order valence-corrected chi connectivity index (χ1v) is 7.01. The van der Waals surface area contributed by atoms with Gasteiger partial charge in [0.2, 0.25) is 5.75 Å². The maximum Gasteiger partial charge on any atom is 0.338 e. The van der Waals surface area contributed by atoms with Gasteiger partial charge >= 0.3 is 5.97 Å². The molecule has 5 nitrogen and oxygen atoms in total. The molecule has 0 saturated carbocycles. The molecular weight excluding hydrogens is 296 g/mol. The number of furan rings is 1. The monoisotopic (exact) mass is 312 g/mol. The molecule has 0 fully saturated rings. The first-order chi connectivity index (χ1) is 11.2. The maximum absolute atomic E-state index is 12.1. The number of hydrogen-bond acceptors (Lipinski definition) is 5. The van der Waals surface area contributed by atoms with E-state index in [0.717, 1.165) is 5.56 Å². The van der Waals surface area contributed by atoms with E-state index in [-0.39, 0.29) is 0 Å². The number of carbonyl (C=O) groups excluding carboxylic acids is 1. The zero-order chi connectivity index (χ0) is 16.4. The molecule has 1 heterocycles. The highest BCUT2D eigenvalue weighted by Crippen LogP contribution is 2.41. The van der Waals surface area contributed by atoms with Gasteiger partial charge in [0.15, 0.2) is 11.3 Å². The fourth-order valence-corrected chi connectivity index (χ4v) is 2.51. The van der Waals surface area contributed by atoms with Crippen LogP contribution < -0.4 is 9.47 Å². The number of methoxy groups -OCH3 is 3. The van der Waals surface area contributed by atoms with Crippen molar-refractivity contribution in [2.24, 2.45) is 0 Å². The minimum absolute atomic E-state index is 0.367. The summed E-state index contributed by atoms with van der Waals surface area (Å²) in [5.74, 6) is 1.03. The van der Waals surface area contributed by atoms with Crippen LogP contribution in [0.2, 0.25) is 0 Å². The van der Waals surface area contributed by atoms with E-state index in [1.54, 1.807) is 12.1 Å². The van der Waals surface area contributed by atoms with Gasteiger partial charge in [-0.15, -0.1) is 0 Å². The molecule has 23 heavy (non-hydrogen) atoms. The molecule has 3 rings (SSSR count). The molecule has 5 heteroatoms. The Bertz CT molecular complexity index is 849. The Hall–Kier alpha value is -2.95. The molecular formula is C18H16O5. The number of fused-ring (bicyclic) bond motifs is 1. The van der Waals surface area contributed by atoms with E-state index < -0.39 is 5.97 Å². The van der Waals surface area contributed by atoms with Crippen molar-refractivity contribution < 1.29 is 23.4 Å². The van der Waals surface area contributed by atoms with Crippen LogP contribution in [-0.4, -0.2) is 27.3 Å². The molecule has 0 aliphatic carbocycles. The Morgan fingerprint density at radius 2 is 1.74 bits per heavy atom. The van der Waals surface area contributed by atoms with Crippen molar-refractivity contribution in [3.63, 3.8) is 0 Å². The summed E-state index contributed by atoms with van der Waals surface area (Å²) in [6.45, 7) is 0. The third-order valence-corrected chi connectivity index (χ3v) is 3.62. The van der Waals surface area contributed by atoms with Crippen molar-refractivity contribution in [1.82, 2.24) is 0 Å². The summed E-state index contributed by atoms with van der Waals surface area (Å²) < 4.78 is 21.5. The van der Waals surface area contributed by atoms with Crippen molar-refractivity contribution >= 4 is 16.9 Å². The Morgan fingerprint density at radius 1 is 1.00 bits per heavy atom. The summed E-state index contributed by atoms with van der Waals surface area (Å²) in [6.07, 6.45) is 0. The highest BCUT2D eigenvalue weighted by molar-refractivity contribution is 6.07. The molecule has 0 aliphatic heterocycles. The molecule has 0 bridgehead atoms. The average molecular weight is 312 g/mol. The highest BCUT2D eigenvalue weighted by atomic mass is 16.5. The van der Waals surface area contributed by atoms with Gasteiger partial charge in [-0.2, -0.15) is 0 Å². The normalized spacial score (nSPS) is 10.6. The summed E-state index contributed by atoms with van der Waals surface area (Å²) in [6, 6.07) is 13.0. The van der Waals surface area contributed by atoms with Crippen LogP contribution in [0.3, 0.4) is 0 Å². The van der Waals surface area contributed by atoms with E-state index >= 15 is 0 Å². The number of benzene rings is 2. The molecule has 118 valence electrons. The van der Waals surface area contributed by atoms with Gasteiger partial charge in [0.25, 0.3) is 0 Å². The fraction of sp³-hybridized carbons (Fsp3) is 0.167. The first kappa shape index (κ1) is 15.0. The summed E-state index contributed by atoms with van der Waals surface area (Å²) in [7, 11) is 4.37. The van der Waals surface area contributed by atoms with E-state index in [2.05, 4.69) is 0 Å². The summed E-state index contributed by atoms with van der Waals surface area (Å²) >= 11 is 0. The van der Waals surface area contributed by atoms with Gasteiger partial charge < -0.3 is 18.6 Å². The van der Waals surface area contributed by atoms with Gasteiger partial charge in [-0.1, -0.05) is 30.3 Å². The smallest absolute Gasteiger partial charge is 0.338 e. The van der Waals surface area contributed by atoms with E-state index in [4.69, 9.17) is 18.6 Å². The highest BCUT2D eigenvalue weighted by Gasteiger charge is 2.22. The summed E-state index contributed by atoms with van der Waals surface area (Å²) in [5.41, 5.74) is 1.72. The Kier molecular flexibility index (Phi) is 3.93. The molecule has 0 unspecified atom stereocenters. The largest absolute Gasteiger partial charge is 0.493 e. The lowest BCUT2D eigenvalue weighted by molar-refractivity contribution is 0.0602. The second-order valence-corrected chi connectivity index (χ2v) is 4.87. The molecule has 2 aromatic carbocycles. The van der Waals surface area contributed by atoms with Crippen LogP contribution in [0, 0.1) is 0 Å². The van der Waals surface area contributed by atoms with E-state index in [0.29, 0.717) is 33.8 Å². The lowest BCUT2D eigenvalue weighted by Gasteiger charge is -2.10. The molecule has 0 radical (unpaired) electrons. The molecule has 3 aromatic rings. The van der Waals surface area contributed by atoms with Gasteiger partial charge in [0, 0.05) is 10.9 Å². The van der Waals surface area contributed by atoms with Crippen LogP contribution >= 0.6 is 0 Å². The Morgan fingerprint density at radius 3 is 2.35 bits per heavy atom. The lowest BCUT2D eigenvalue weighted by Crippen LogP contribution is -2.03. The van der Waals surface area contributed by atoms with Crippen molar-refractivity contribution in [2.75, 3.05) is 21.3 Å². The number of carbonyl (C=O) groups is 1. The van der Waals surface area contributed by atoms with Crippen molar-refractivity contribution in [2.45, 2.75) is 0 Å². The molecule has 0 saturated heterocycles. The quantitative estimate of drug-likeness (QED) is 0.684. The van der Waals surface area contributed by atoms with Gasteiger partial charge in [0.05, 0.1) is 26.9 Å². The van der Waals surface area contributed by atoms with Crippen molar-refractivity contribution in [1.29, 1.82) is 0 Å².